The van der Waals surface area contributed by atoms with Crippen molar-refractivity contribution < 1.29 is 19.4 Å². The van der Waals surface area contributed by atoms with E-state index >= 15 is 0 Å². The topological polar surface area (TPSA) is 75.6 Å². The molecule has 1 rings (SSSR count). The lowest BCUT2D eigenvalue weighted by molar-refractivity contribution is -0.141. The van der Waals surface area contributed by atoms with Gasteiger partial charge < -0.3 is 15.2 Å². The fourth-order valence-electron chi connectivity index (χ4n) is 1.62. The van der Waals surface area contributed by atoms with E-state index < -0.39 is 17.9 Å². The maximum Gasteiger partial charge on any atom is 0.308 e. The van der Waals surface area contributed by atoms with Crippen LogP contribution >= 0.6 is 0 Å². The molecule has 104 valence electrons. The molecule has 0 aliphatic rings. The van der Waals surface area contributed by atoms with Crippen molar-refractivity contribution in [2.45, 2.75) is 26.8 Å². The minimum atomic E-state index is -0.941. The fraction of sp³-hybridized carbons (Fsp3) is 0.429. The van der Waals surface area contributed by atoms with Gasteiger partial charge in [0.2, 0.25) is 0 Å². The van der Waals surface area contributed by atoms with E-state index in [9.17, 15) is 9.59 Å². The molecule has 0 saturated carbocycles. The van der Waals surface area contributed by atoms with Crippen LogP contribution in [0.1, 0.15) is 29.8 Å². The molecule has 5 nitrogen and oxygen atoms in total. The molecule has 19 heavy (non-hydrogen) atoms. The lowest BCUT2D eigenvalue weighted by Gasteiger charge is -2.18. The molecule has 0 aliphatic carbocycles. The maximum absolute atomic E-state index is 12.1. The van der Waals surface area contributed by atoms with E-state index in [1.54, 1.807) is 26.0 Å². The number of carbonyl (C=O) groups is 2. The summed E-state index contributed by atoms with van der Waals surface area (Å²) in [6.07, 6.45) is 0. The lowest BCUT2D eigenvalue weighted by Crippen LogP contribution is -2.40. The average Bonchev–Trinajstić information content (AvgIpc) is 2.37. The van der Waals surface area contributed by atoms with Gasteiger partial charge in [-0.25, -0.2) is 0 Å². The highest BCUT2D eigenvalue weighted by molar-refractivity contribution is 5.97. The van der Waals surface area contributed by atoms with Crippen molar-refractivity contribution in [1.29, 1.82) is 0 Å². The van der Waals surface area contributed by atoms with Crippen molar-refractivity contribution in [3.05, 3.63) is 29.3 Å². The van der Waals surface area contributed by atoms with Crippen LogP contribution in [0.4, 0.5) is 0 Å². The number of hydrogen-bond acceptors (Lipinski definition) is 3. The van der Waals surface area contributed by atoms with E-state index in [4.69, 9.17) is 9.84 Å². The summed E-state index contributed by atoms with van der Waals surface area (Å²) in [5.74, 6) is -1.46. The number of nitrogens with one attached hydrogen (secondary N) is 1. The standard InChI is InChI=1S/C14H19NO4/c1-8-5-6-12(19-4)11(7-8)13(16)15-10(3)9(2)14(17)18/h5-7,9-10H,1-4H3,(H,15,16)(H,17,18). The predicted molar refractivity (Wildman–Crippen MR) is 71.5 cm³/mol. The fourth-order valence-corrected chi connectivity index (χ4v) is 1.62. The van der Waals surface area contributed by atoms with Gasteiger partial charge in [-0.15, -0.1) is 0 Å². The van der Waals surface area contributed by atoms with Crippen molar-refractivity contribution in [3.63, 3.8) is 0 Å². The monoisotopic (exact) mass is 265 g/mol. The first-order chi connectivity index (χ1) is 8.86. The number of hydrogen-bond donors (Lipinski definition) is 2. The van der Waals surface area contributed by atoms with Gasteiger partial charge in [0.1, 0.15) is 5.75 Å². The van der Waals surface area contributed by atoms with Crippen molar-refractivity contribution in [2.24, 2.45) is 5.92 Å². The second-order valence-corrected chi connectivity index (χ2v) is 4.59. The maximum atomic E-state index is 12.1. The zero-order valence-corrected chi connectivity index (χ0v) is 11.6. The minimum Gasteiger partial charge on any atom is -0.496 e. The molecule has 1 amide bonds. The van der Waals surface area contributed by atoms with Gasteiger partial charge >= 0.3 is 5.97 Å². The molecule has 0 bridgehead atoms. The predicted octanol–water partition coefficient (Wildman–Crippen LogP) is 1.84. The highest BCUT2D eigenvalue weighted by atomic mass is 16.5. The van der Waals surface area contributed by atoms with Gasteiger partial charge in [-0.05, 0) is 32.9 Å². The van der Waals surface area contributed by atoms with Crippen LogP contribution in [-0.2, 0) is 4.79 Å². The van der Waals surface area contributed by atoms with Gasteiger partial charge in [-0.3, -0.25) is 9.59 Å². The number of aliphatic carboxylic acids is 1. The number of carboxylic acids is 1. The number of methoxy groups -OCH3 is 1. The number of carboxylic acid groups (broad SMARTS) is 1. The summed E-state index contributed by atoms with van der Waals surface area (Å²) in [5, 5.41) is 11.6. The number of amides is 1. The second kappa shape index (κ2) is 6.22. The SMILES string of the molecule is COc1ccc(C)cc1C(=O)NC(C)C(C)C(=O)O. The summed E-state index contributed by atoms with van der Waals surface area (Å²) in [4.78, 5) is 23.0. The molecule has 0 aromatic heterocycles. The number of carbonyl (C=O) groups excluding carboxylic acids is 1. The number of benzene rings is 1. The van der Waals surface area contributed by atoms with Crippen LogP contribution < -0.4 is 10.1 Å². The van der Waals surface area contributed by atoms with Gasteiger partial charge in [-0.2, -0.15) is 0 Å². The first-order valence-corrected chi connectivity index (χ1v) is 6.05. The van der Waals surface area contributed by atoms with Gasteiger partial charge in [0, 0.05) is 6.04 Å². The average molecular weight is 265 g/mol. The Hall–Kier alpha value is -2.04. The molecule has 0 saturated heterocycles. The van der Waals surface area contributed by atoms with E-state index in [2.05, 4.69) is 5.32 Å². The molecule has 2 atom stereocenters. The van der Waals surface area contributed by atoms with Crippen molar-refractivity contribution in [3.8, 4) is 5.75 Å². The zero-order chi connectivity index (χ0) is 14.6. The lowest BCUT2D eigenvalue weighted by atomic mass is 10.0. The zero-order valence-electron chi connectivity index (χ0n) is 11.6. The molecular formula is C14H19NO4. The molecule has 1 aromatic rings. The van der Waals surface area contributed by atoms with Gasteiger partial charge in [0.05, 0.1) is 18.6 Å². The molecule has 2 N–H and O–H groups in total. The third-order valence-corrected chi connectivity index (χ3v) is 3.10. The van der Waals surface area contributed by atoms with Gasteiger partial charge in [-0.1, -0.05) is 11.6 Å². The normalized spacial score (nSPS) is 13.5. The summed E-state index contributed by atoms with van der Waals surface area (Å²) in [5.41, 5.74) is 1.34. The Morgan fingerprint density at radius 2 is 1.95 bits per heavy atom. The first-order valence-electron chi connectivity index (χ1n) is 6.05. The molecule has 1 aromatic carbocycles. The Morgan fingerprint density at radius 3 is 2.47 bits per heavy atom. The molecule has 5 heteroatoms. The van der Waals surface area contributed by atoms with Crippen LogP contribution in [0.2, 0.25) is 0 Å². The quantitative estimate of drug-likeness (QED) is 0.851. The van der Waals surface area contributed by atoms with Crippen LogP contribution in [-0.4, -0.2) is 30.1 Å². The molecule has 0 spiro atoms. The summed E-state index contributed by atoms with van der Waals surface area (Å²) >= 11 is 0. The van der Waals surface area contributed by atoms with E-state index in [-0.39, 0.29) is 5.91 Å². The van der Waals surface area contributed by atoms with Crippen molar-refractivity contribution in [2.75, 3.05) is 7.11 Å². The van der Waals surface area contributed by atoms with Crippen LogP contribution in [0.5, 0.6) is 5.75 Å². The van der Waals surface area contributed by atoms with Gasteiger partial charge in [0.15, 0.2) is 0 Å². The van der Waals surface area contributed by atoms with E-state index in [0.717, 1.165) is 5.56 Å². The molecule has 0 radical (unpaired) electrons. The van der Waals surface area contributed by atoms with E-state index in [1.165, 1.54) is 7.11 Å². The Morgan fingerprint density at radius 1 is 1.32 bits per heavy atom. The van der Waals surface area contributed by atoms with E-state index in [1.807, 2.05) is 13.0 Å². The van der Waals surface area contributed by atoms with Crippen LogP contribution in [0.25, 0.3) is 0 Å². The summed E-state index contributed by atoms with van der Waals surface area (Å²) < 4.78 is 5.13. The highest BCUT2D eigenvalue weighted by Gasteiger charge is 2.22. The highest BCUT2D eigenvalue weighted by Crippen LogP contribution is 2.20. The molecule has 2 unspecified atom stereocenters. The summed E-state index contributed by atoms with van der Waals surface area (Å²) in [6, 6.07) is 4.82. The summed E-state index contributed by atoms with van der Waals surface area (Å²) in [6.45, 7) is 5.10. The number of rotatable bonds is 5. The minimum absolute atomic E-state index is 0.332. The number of aryl methyl sites for hydroxylation is 1. The Bertz CT molecular complexity index is 484. The summed E-state index contributed by atoms with van der Waals surface area (Å²) in [7, 11) is 1.49. The second-order valence-electron chi connectivity index (χ2n) is 4.59. The molecule has 0 heterocycles. The Balaban J connectivity index is 2.89. The Kier molecular flexibility index (Phi) is 4.92. The van der Waals surface area contributed by atoms with Crippen molar-refractivity contribution >= 4 is 11.9 Å². The largest absolute Gasteiger partial charge is 0.496 e. The third kappa shape index (κ3) is 3.71. The number of ether oxygens (including phenoxy) is 1. The van der Waals surface area contributed by atoms with Crippen LogP contribution in [0, 0.1) is 12.8 Å². The Labute approximate surface area is 112 Å². The van der Waals surface area contributed by atoms with Crippen molar-refractivity contribution in [1.82, 2.24) is 5.32 Å². The van der Waals surface area contributed by atoms with Crippen LogP contribution in [0.15, 0.2) is 18.2 Å². The molecule has 0 fully saturated rings. The van der Waals surface area contributed by atoms with Crippen LogP contribution in [0.3, 0.4) is 0 Å². The van der Waals surface area contributed by atoms with E-state index in [0.29, 0.717) is 11.3 Å². The third-order valence-electron chi connectivity index (χ3n) is 3.10. The molecular weight excluding hydrogens is 246 g/mol. The molecule has 0 aliphatic heterocycles. The van der Waals surface area contributed by atoms with Gasteiger partial charge in [0.25, 0.3) is 5.91 Å². The smallest absolute Gasteiger partial charge is 0.308 e. The first kappa shape index (κ1) is 15.0.